The average Bonchev–Trinajstić information content (AvgIpc) is 3.30. The summed E-state index contributed by atoms with van der Waals surface area (Å²) in [6.07, 6.45) is 1.53. The molecule has 0 radical (unpaired) electrons. The number of halogens is 1. The van der Waals surface area contributed by atoms with Gasteiger partial charge in [0.2, 0.25) is 10.0 Å². The van der Waals surface area contributed by atoms with Crippen LogP contribution in [0.3, 0.4) is 0 Å². The summed E-state index contributed by atoms with van der Waals surface area (Å²) in [4.78, 5) is 24.3. The third-order valence-electron chi connectivity index (χ3n) is 4.87. The van der Waals surface area contributed by atoms with Gasteiger partial charge in [-0.05, 0) is 55.7 Å². The zero-order valence-electron chi connectivity index (χ0n) is 17.2. The molecule has 1 saturated heterocycles. The molecule has 1 aliphatic heterocycles. The molecule has 1 heterocycles. The molecular weight excluding hydrogens is 427 g/mol. The van der Waals surface area contributed by atoms with Gasteiger partial charge in [-0.3, -0.25) is 4.79 Å². The molecule has 0 spiro atoms. The number of ether oxygens (including phenoxy) is 2. The van der Waals surface area contributed by atoms with E-state index in [2.05, 4.69) is 5.32 Å². The summed E-state index contributed by atoms with van der Waals surface area (Å²) < 4.78 is 50.9. The van der Waals surface area contributed by atoms with Gasteiger partial charge in [-0.2, -0.15) is 4.31 Å². The van der Waals surface area contributed by atoms with Gasteiger partial charge in [-0.15, -0.1) is 0 Å². The van der Waals surface area contributed by atoms with Crippen molar-refractivity contribution in [2.24, 2.45) is 0 Å². The topological polar surface area (TPSA) is 102 Å². The number of carbonyl (C=O) groups is 2. The fourth-order valence-electron chi connectivity index (χ4n) is 3.15. The quantitative estimate of drug-likeness (QED) is 0.651. The van der Waals surface area contributed by atoms with Crippen molar-refractivity contribution < 1.29 is 31.9 Å². The van der Waals surface area contributed by atoms with Crippen molar-refractivity contribution in [3.05, 3.63) is 53.3 Å². The second kappa shape index (κ2) is 9.44. The van der Waals surface area contributed by atoms with E-state index in [9.17, 15) is 22.4 Å². The molecule has 10 heteroatoms. The molecule has 1 N–H and O–H groups in total. The summed E-state index contributed by atoms with van der Waals surface area (Å²) in [5.41, 5.74) is 0.629. The van der Waals surface area contributed by atoms with E-state index < -0.39 is 34.3 Å². The Bertz CT molecular complexity index is 1100. The molecule has 2 aromatic rings. The highest BCUT2D eigenvalue weighted by Gasteiger charge is 2.31. The number of amides is 1. The number of carbonyl (C=O) groups excluding carboxylic acids is 2. The van der Waals surface area contributed by atoms with E-state index in [1.54, 1.807) is 6.92 Å². The molecule has 0 bridgehead atoms. The van der Waals surface area contributed by atoms with E-state index in [4.69, 9.17) is 9.47 Å². The number of rotatable bonds is 7. The second-order valence-electron chi connectivity index (χ2n) is 7.07. The van der Waals surface area contributed by atoms with E-state index in [0.29, 0.717) is 18.7 Å². The van der Waals surface area contributed by atoms with Crippen LogP contribution in [0.4, 0.5) is 10.1 Å². The Labute approximate surface area is 180 Å². The number of nitrogens with zero attached hydrogens (tertiary/aromatic N) is 1. The Morgan fingerprint density at radius 2 is 1.84 bits per heavy atom. The number of hydrogen-bond acceptors (Lipinski definition) is 6. The second-order valence-corrected chi connectivity index (χ2v) is 8.97. The Morgan fingerprint density at radius 3 is 2.48 bits per heavy atom. The highest BCUT2D eigenvalue weighted by atomic mass is 32.2. The van der Waals surface area contributed by atoms with Gasteiger partial charge in [0.1, 0.15) is 16.5 Å². The normalized spacial score (nSPS) is 14.3. The van der Waals surface area contributed by atoms with E-state index in [1.165, 1.54) is 41.7 Å². The molecule has 166 valence electrons. The van der Waals surface area contributed by atoms with Crippen molar-refractivity contribution in [3.8, 4) is 5.75 Å². The van der Waals surface area contributed by atoms with Gasteiger partial charge in [0.15, 0.2) is 6.61 Å². The number of nitrogens with one attached hydrogen (secondary N) is 1. The largest absolute Gasteiger partial charge is 0.495 e. The summed E-state index contributed by atoms with van der Waals surface area (Å²) in [5.74, 6) is -1.89. The molecule has 2 aromatic carbocycles. The van der Waals surface area contributed by atoms with Crippen molar-refractivity contribution >= 4 is 27.6 Å². The molecule has 0 saturated carbocycles. The van der Waals surface area contributed by atoms with Gasteiger partial charge in [0, 0.05) is 18.8 Å². The summed E-state index contributed by atoms with van der Waals surface area (Å²) >= 11 is 0. The summed E-state index contributed by atoms with van der Waals surface area (Å²) in [7, 11) is -2.49. The molecule has 1 amide bonds. The van der Waals surface area contributed by atoms with Crippen LogP contribution in [0, 0.1) is 12.7 Å². The Balaban J connectivity index is 1.70. The average molecular weight is 450 g/mol. The lowest BCUT2D eigenvalue weighted by atomic mass is 10.2. The van der Waals surface area contributed by atoms with Crippen LogP contribution < -0.4 is 10.1 Å². The number of sulfonamides is 1. The van der Waals surface area contributed by atoms with Gasteiger partial charge < -0.3 is 14.8 Å². The van der Waals surface area contributed by atoms with Crippen molar-refractivity contribution in [1.82, 2.24) is 4.31 Å². The van der Waals surface area contributed by atoms with Crippen LogP contribution >= 0.6 is 0 Å². The number of aryl methyl sites for hydroxylation is 1. The van der Waals surface area contributed by atoms with E-state index in [-0.39, 0.29) is 21.9 Å². The molecule has 1 fully saturated rings. The van der Waals surface area contributed by atoms with Crippen LogP contribution in [0.2, 0.25) is 0 Å². The highest BCUT2D eigenvalue weighted by Crippen LogP contribution is 2.30. The van der Waals surface area contributed by atoms with Crippen LogP contribution in [0.5, 0.6) is 5.75 Å². The van der Waals surface area contributed by atoms with Gasteiger partial charge in [0.25, 0.3) is 5.91 Å². The fourth-order valence-corrected chi connectivity index (χ4v) is 4.85. The van der Waals surface area contributed by atoms with E-state index >= 15 is 0 Å². The molecule has 0 aliphatic carbocycles. The van der Waals surface area contributed by atoms with Crippen LogP contribution in [-0.4, -0.2) is 51.4 Å². The van der Waals surface area contributed by atoms with Gasteiger partial charge >= 0.3 is 5.97 Å². The van der Waals surface area contributed by atoms with Crippen molar-refractivity contribution in [2.75, 3.05) is 32.1 Å². The minimum atomic E-state index is -3.83. The number of methoxy groups -OCH3 is 1. The molecule has 0 unspecified atom stereocenters. The smallest absolute Gasteiger partial charge is 0.338 e. The Morgan fingerprint density at radius 1 is 1.13 bits per heavy atom. The summed E-state index contributed by atoms with van der Waals surface area (Å²) in [5, 5.41) is 2.43. The van der Waals surface area contributed by atoms with Crippen LogP contribution in [0.25, 0.3) is 0 Å². The SMILES string of the molecule is COc1ccc(C(=O)OCC(=O)Nc2ccc(C)c(F)c2)cc1S(=O)(=O)N1CCCC1. The minimum Gasteiger partial charge on any atom is -0.495 e. The Kier molecular flexibility index (Phi) is 6.91. The van der Waals surface area contributed by atoms with Gasteiger partial charge in [-0.1, -0.05) is 6.07 Å². The fraction of sp³-hybridized carbons (Fsp3) is 0.333. The maximum absolute atomic E-state index is 13.6. The number of benzene rings is 2. The Hall–Kier alpha value is -2.98. The molecule has 8 nitrogen and oxygen atoms in total. The number of hydrogen-bond donors (Lipinski definition) is 1. The van der Waals surface area contributed by atoms with Crippen molar-refractivity contribution in [1.29, 1.82) is 0 Å². The standard InChI is InChI=1S/C21H23FN2O6S/c1-14-5-7-16(12-17(14)22)23-20(25)13-30-21(26)15-6-8-18(29-2)19(11-15)31(27,28)24-9-3-4-10-24/h5-8,11-12H,3-4,9-10,13H2,1-2H3,(H,23,25). The number of esters is 1. The first kappa shape index (κ1) is 22.7. The first-order valence-electron chi connectivity index (χ1n) is 9.63. The molecule has 0 aromatic heterocycles. The summed E-state index contributed by atoms with van der Waals surface area (Å²) in [6, 6.07) is 8.11. The molecule has 1 aliphatic rings. The lowest BCUT2D eigenvalue weighted by Crippen LogP contribution is -2.28. The monoisotopic (exact) mass is 450 g/mol. The first-order valence-corrected chi connectivity index (χ1v) is 11.1. The lowest BCUT2D eigenvalue weighted by Gasteiger charge is -2.18. The molecular formula is C21H23FN2O6S. The zero-order chi connectivity index (χ0) is 22.6. The van der Waals surface area contributed by atoms with E-state index in [1.807, 2.05) is 0 Å². The third-order valence-corrected chi connectivity index (χ3v) is 6.79. The van der Waals surface area contributed by atoms with Crippen molar-refractivity contribution in [3.63, 3.8) is 0 Å². The highest BCUT2D eigenvalue weighted by molar-refractivity contribution is 7.89. The maximum Gasteiger partial charge on any atom is 0.338 e. The van der Waals surface area contributed by atoms with Crippen molar-refractivity contribution in [2.45, 2.75) is 24.7 Å². The summed E-state index contributed by atoms with van der Waals surface area (Å²) in [6.45, 7) is 1.78. The predicted molar refractivity (Wildman–Crippen MR) is 111 cm³/mol. The van der Waals surface area contributed by atoms with Gasteiger partial charge in [0.05, 0.1) is 12.7 Å². The van der Waals surface area contributed by atoms with Crippen LogP contribution in [0.1, 0.15) is 28.8 Å². The predicted octanol–water partition coefficient (Wildman–Crippen LogP) is 2.72. The zero-order valence-corrected chi connectivity index (χ0v) is 18.0. The molecule has 3 rings (SSSR count). The van der Waals surface area contributed by atoms with Crippen LogP contribution in [0.15, 0.2) is 41.3 Å². The maximum atomic E-state index is 13.6. The first-order chi connectivity index (χ1) is 14.7. The van der Waals surface area contributed by atoms with Crippen LogP contribution in [-0.2, 0) is 19.6 Å². The minimum absolute atomic E-state index is 0.0345. The molecule has 0 atom stereocenters. The van der Waals surface area contributed by atoms with Gasteiger partial charge in [-0.25, -0.2) is 17.6 Å². The molecule has 31 heavy (non-hydrogen) atoms. The lowest BCUT2D eigenvalue weighted by molar-refractivity contribution is -0.119. The van der Waals surface area contributed by atoms with E-state index in [0.717, 1.165) is 18.9 Å². The number of anilines is 1. The third kappa shape index (κ3) is 5.20.